The minimum atomic E-state index is -0.683. The summed E-state index contributed by atoms with van der Waals surface area (Å²) < 4.78 is 15.2. The number of hydrogen-bond acceptors (Lipinski definition) is 6. The van der Waals surface area contributed by atoms with Gasteiger partial charge in [0.15, 0.2) is 6.61 Å². The summed E-state index contributed by atoms with van der Waals surface area (Å²) in [4.78, 5) is 35.6. The molecule has 0 saturated carbocycles. The lowest BCUT2D eigenvalue weighted by Gasteiger charge is -2.09. The van der Waals surface area contributed by atoms with Crippen LogP contribution in [-0.4, -0.2) is 45.7 Å². The van der Waals surface area contributed by atoms with Gasteiger partial charge in [0.1, 0.15) is 11.5 Å². The number of benzene rings is 2. The average Bonchev–Trinajstić information content (AvgIpc) is 2.71. The van der Waals surface area contributed by atoms with Crippen LogP contribution in [0.25, 0.3) is 0 Å². The number of rotatable bonds is 7. The van der Waals surface area contributed by atoms with E-state index in [0.717, 1.165) is 0 Å². The minimum absolute atomic E-state index is 0.203. The molecule has 0 bridgehead atoms. The smallest absolute Gasteiger partial charge is 0.338 e. The largest absolute Gasteiger partial charge is 0.497 e. The highest BCUT2D eigenvalue weighted by Gasteiger charge is 2.13. The molecule has 2 aromatic rings. The summed E-state index contributed by atoms with van der Waals surface area (Å²) in [6.45, 7) is -0.463. The Kier molecular flexibility index (Phi) is 6.76. The van der Waals surface area contributed by atoms with Gasteiger partial charge in [-0.2, -0.15) is 0 Å². The molecule has 0 atom stereocenters. The molecule has 2 amide bonds. The van der Waals surface area contributed by atoms with Crippen LogP contribution in [0.5, 0.6) is 11.5 Å². The Labute approximate surface area is 156 Å². The molecule has 0 fully saturated rings. The van der Waals surface area contributed by atoms with E-state index in [1.165, 1.54) is 33.4 Å². The van der Waals surface area contributed by atoms with Crippen LogP contribution in [0.3, 0.4) is 0 Å². The van der Waals surface area contributed by atoms with Gasteiger partial charge in [0, 0.05) is 24.4 Å². The summed E-state index contributed by atoms with van der Waals surface area (Å²) in [5.74, 6) is -0.553. The summed E-state index contributed by atoms with van der Waals surface area (Å²) in [6.07, 6.45) is 0. The van der Waals surface area contributed by atoms with E-state index in [2.05, 4.69) is 10.6 Å². The van der Waals surface area contributed by atoms with Gasteiger partial charge in [-0.05, 0) is 36.4 Å². The van der Waals surface area contributed by atoms with Crippen LogP contribution in [0.15, 0.2) is 42.5 Å². The van der Waals surface area contributed by atoms with Crippen LogP contribution in [0, 0.1) is 0 Å². The fourth-order valence-electron chi connectivity index (χ4n) is 2.19. The summed E-state index contributed by atoms with van der Waals surface area (Å²) in [6, 6.07) is 10.9. The topological polar surface area (TPSA) is 103 Å². The Morgan fingerprint density at radius 1 is 0.889 bits per heavy atom. The molecule has 142 valence electrons. The highest BCUT2D eigenvalue weighted by atomic mass is 16.5. The first-order valence-electron chi connectivity index (χ1n) is 7.99. The second kappa shape index (κ2) is 9.23. The summed E-state index contributed by atoms with van der Waals surface area (Å²) in [5.41, 5.74) is 1.15. The maximum absolute atomic E-state index is 12.1. The summed E-state index contributed by atoms with van der Waals surface area (Å²) in [7, 11) is 4.46. The van der Waals surface area contributed by atoms with Crippen molar-refractivity contribution in [1.82, 2.24) is 5.32 Å². The van der Waals surface area contributed by atoms with Crippen molar-refractivity contribution in [2.75, 3.05) is 33.2 Å². The maximum atomic E-state index is 12.1. The highest BCUT2D eigenvalue weighted by Crippen LogP contribution is 2.23. The Morgan fingerprint density at radius 3 is 2.00 bits per heavy atom. The van der Waals surface area contributed by atoms with Crippen LogP contribution >= 0.6 is 0 Å². The van der Waals surface area contributed by atoms with E-state index in [9.17, 15) is 14.4 Å². The molecule has 8 nitrogen and oxygen atoms in total. The first-order valence-corrected chi connectivity index (χ1v) is 7.99. The third-order valence-electron chi connectivity index (χ3n) is 3.58. The van der Waals surface area contributed by atoms with E-state index >= 15 is 0 Å². The van der Waals surface area contributed by atoms with E-state index in [-0.39, 0.29) is 11.5 Å². The molecule has 0 aliphatic rings. The molecule has 8 heteroatoms. The average molecular weight is 372 g/mol. The minimum Gasteiger partial charge on any atom is -0.497 e. The number of carbonyl (C=O) groups excluding carboxylic acids is 3. The fourth-order valence-corrected chi connectivity index (χ4v) is 2.19. The lowest BCUT2D eigenvalue weighted by Crippen LogP contribution is -2.21. The number of ether oxygens (including phenoxy) is 3. The van der Waals surface area contributed by atoms with Gasteiger partial charge in [-0.15, -0.1) is 0 Å². The van der Waals surface area contributed by atoms with Gasteiger partial charge in [0.2, 0.25) is 0 Å². The van der Waals surface area contributed by atoms with Gasteiger partial charge in [0.05, 0.1) is 19.8 Å². The number of nitrogens with one attached hydrogen (secondary N) is 2. The van der Waals surface area contributed by atoms with Crippen molar-refractivity contribution in [3.63, 3.8) is 0 Å². The summed E-state index contributed by atoms with van der Waals surface area (Å²) in [5, 5.41) is 5.09. The molecule has 0 spiro atoms. The third kappa shape index (κ3) is 5.46. The Bertz CT molecular complexity index is 810. The van der Waals surface area contributed by atoms with Crippen LogP contribution in [0.1, 0.15) is 20.7 Å². The van der Waals surface area contributed by atoms with Crippen LogP contribution in [0.2, 0.25) is 0 Å². The number of hydrogen-bond donors (Lipinski definition) is 2. The molecule has 2 N–H and O–H groups in total. The lowest BCUT2D eigenvalue weighted by atomic mass is 10.2. The van der Waals surface area contributed by atoms with Crippen molar-refractivity contribution < 1.29 is 28.6 Å². The zero-order valence-corrected chi connectivity index (χ0v) is 15.2. The lowest BCUT2D eigenvalue weighted by molar-refractivity contribution is -0.119. The Morgan fingerprint density at radius 2 is 1.48 bits per heavy atom. The van der Waals surface area contributed by atoms with Gasteiger partial charge in [-0.25, -0.2) is 4.79 Å². The molecule has 0 saturated heterocycles. The van der Waals surface area contributed by atoms with Gasteiger partial charge < -0.3 is 24.8 Å². The molecule has 0 unspecified atom stereocenters. The van der Waals surface area contributed by atoms with Crippen molar-refractivity contribution >= 4 is 23.5 Å². The van der Waals surface area contributed by atoms with Gasteiger partial charge in [0.25, 0.3) is 11.8 Å². The molecule has 0 radical (unpaired) electrons. The maximum Gasteiger partial charge on any atom is 0.338 e. The normalized spacial score (nSPS) is 9.89. The predicted molar refractivity (Wildman–Crippen MR) is 98.3 cm³/mol. The van der Waals surface area contributed by atoms with Crippen molar-refractivity contribution in [2.45, 2.75) is 0 Å². The zero-order valence-electron chi connectivity index (χ0n) is 15.2. The molecular weight excluding hydrogens is 352 g/mol. The van der Waals surface area contributed by atoms with Crippen molar-refractivity contribution in [2.24, 2.45) is 0 Å². The van der Waals surface area contributed by atoms with Gasteiger partial charge >= 0.3 is 5.97 Å². The fraction of sp³-hybridized carbons (Fsp3) is 0.211. The van der Waals surface area contributed by atoms with E-state index in [1.54, 1.807) is 30.3 Å². The predicted octanol–water partition coefficient (Wildman–Crippen LogP) is 1.86. The number of anilines is 1. The molecule has 2 aromatic carbocycles. The monoisotopic (exact) mass is 372 g/mol. The molecule has 0 aliphatic heterocycles. The Hall–Kier alpha value is -3.55. The van der Waals surface area contributed by atoms with Gasteiger partial charge in [-0.3, -0.25) is 9.59 Å². The first-order chi connectivity index (χ1) is 13.0. The molecule has 0 aromatic heterocycles. The first kappa shape index (κ1) is 19.8. The second-order valence-electron chi connectivity index (χ2n) is 5.38. The summed E-state index contributed by atoms with van der Waals surface area (Å²) >= 11 is 0. The van der Waals surface area contributed by atoms with E-state index in [0.29, 0.717) is 22.7 Å². The van der Waals surface area contributed by atoms with Crippen LogP contribution in [0.4, 0.5) is 5.69 Å². The van der Waals surface area contributed by atoms with Crippen LogP contribution < -0.4 is 20.1 Å². The SMILES string of the molecule is CNC(=O)c1ccc(NC(=O)COC(=O)c2cc(OC)cc(OC)c2)cc1. The molecule has 2 rings (SSSR count). The number of amides is 2. The quantitative estimate of drug-likeness (QED) is 0.719. The molecule has 0 aliphatic carbocycles. The van der Waals surface area contributed by atoms with Crippen LogP contribution in [-0.2, 0) is 9.53 Å². The van der Waals surface area contributed by atoms with Crippen molar-refractivity contribution in [1.29, 1.82) is 0 Å². The van der Waals surface area contributed by atoms with E-state index in [4.69, 9.17) is 14.2 Å². The van der Waals surface area contributed by atoms with Crippen molar-refractivity contribution in [3.05, 3.63) is 53.6 Å². The number of esters is 1. The number of carbonyl (C=O) groups is 3. The zero-order chi connectivity index (χ0) is 19.8. The molecular formula is C19H20N2O6. The standard InChI is InChI=1S/C19H20N2O6/c1-20-18(23)12-4-6-14(7-5-12)21-17(22)11-27-19(24)13-8-15(25-2)10-16(9-13)26-3/h4-10H,11H2,1-3H3,(H,20,23)(H,21,22). The highest BCUT2D eigenvalue weighted by molar-refractivity contribution is 5.97. The molecule has 27 heavy (non-hydrogen) atoms. The van der Waals surface area contributed by atoms with E-state index < -0.39 is 18.5 Å². The third-order valence-corrected chi connectivity index (χ3v) is 3.58. The number of methoxy groups -OCH3 is 2. The van der Waals surface area contributed by atoms with Gasteiger partial charge in [-0.1, -0.05) is 0 Å². The van der Waals surface area contributed by atoms with Crippen molar-refractivity contribution in [3.8, 4) is 11.5 Å². The van der Waals surface area contributed by atoms with E-state index in [1.807, 2.05) is 0 Å². The Balaban J connectivity index is 1.93. The molecule has 0 heterocycles. The second-order valence-corrected chi connectivity index (χ2v) is 5.38.